The lowest BCUT2D eigenvalue weighted by Crippen LogP contribution is -2.01. The Balaban J connectivity index is 2.00. The second kappa shape index (κ2) is 3.65. The van der Waals surface area contributed by atoms with Gasteiger partial charge >= 0.3 is 0 Å². The van der Waals surface area contributed by atoms with Crippen LogP contribution in [0.25, 0.3) is 10.8 Å². The third kappa shape index (κ3) is 1.38. The molecule has 0 saturated heterocycles. The number of amides is 1. The fourth-order valence-corrected chi connectivity index (χ4v) is 2.56. The molecule has 0 bridgehead atoms. The fourth-order valence-electron chi connectivity index (χ4n) is 2.56. The summed E-state index contributed by atoms with van der Waals surface area (Å²) in [6.45, 7) is 0. The fraction of sp³-hybridized carbons (Fsp3) is 0. The molecular weight excluding hydrogens is 236 g/mol. The number of nitrogens with zero attached hydrogens (tertiary/aromatic N) is 1. The molecule has 0 fully saturated rings. The third-order valence-corrected chi connectivity index (χ3v) is 3.46. The van der Waals surface area contributed by atoms with E-state index >= 15 is 0 Å². The Labute approximate surface area is 109 Å². The molecule has 0 atom stereocenters. The largest absolute Gasteiger partial charge is 0.359 e. The van der Waals surface area contributed by atoms with Gasteiger partial charge in [-0.3, -0.25) is 4.79 Å². The van der Waals surface area contributed by atoms with E-state index in [-0.39, 0.29) is 5.91 Å². The van der Waals surface area contributed by atoms with Crippen molar-refractivity contribution in [2.24, 2.45) is 4.99 Å². The van der Waals surface area contributed by atoms with Crippen LogP contribution in [-0.4, -0.2) is 16.6 Å². The molecule has 0 saturated carbocycles. The van der Waals surface area contributed by atoms with Gasteiger partial charge in [-0.15, -0.1) is 0 Å². The number of aliphatic imine (C=N–C) groups is 1. The van der Waals surface area contributed by atoms with Crippen LogP contribution in [0.3, 0.4) is 0 Å². The van der Waals surface area contributed by atoms with E-state index in [1.807, 2.05) is 54.7 Å². The summed E-state index contributed by atoms with van der Waals surface area (Å²) >= 11 is 0. The lowest BCUT2D eigenvalue weighted by molar-refractivity contribution is 0.101. The average molecular weight is 246 g/mol. The van der Waals surface area contributed by atoms with Crippen molar-refractivity contribution in [3.05, 3.63) is 71.5 Å². The minimum absolute atomic E-state index is 0.163. The highest BCUT2D eigenvalue weighted by molar-refractivity contribution is 6.29. The number of carbonyl (C=O) groups excluding carboxylic acids is 1. The van der Waals surface area contributed by atoms with Crippen LogP contribution >= 0.6 is 0 Å². The number of aromatic nitrogens is 1. The molecule has 1 aliphatic rings. The molecule has 0 aliphatic carbocycles. The van der Waals surface area contributed by atoms with Crippen molar-refractivity contribution >= 4 is 22.4 Å². The predicted molar refractivity (Wildman–Crippen MR) is 74.7 cm³/mol. The van der Waals surface area contributed by atoms with Gasteiger partial charge in [0.1, 0.15) is 0 Å². The number of carbonyl (C=O) groups is 1. The van der Waals surface area contributed by atoms with Crippen LogP contribution in [0.1, 0.15) is 21.6 Å². The van der Waals surface area contributed by atoms with E-state index < -0.39 is 0 Å². The molecule has 90 valence electrons. The van der Waals surface area contributed by atoms with E-state index in [2.05, 4.69) is 9.98 Å². The number of aromatic amines is 1. The molecule has 0 radical (unpaired) electrons. The zero-order chi connectivity index (χ0) is 12.8. The Bertz CT molecular complexity index is 843. The number of benzene rings is 2. The second-order valence-corrected chi connectivity index (χ2v) is 4.56. The topological polar surface area (TPSA) is 45.2 Å². The van der Waals surface area contributed by atoms with E-state index in [0.29, 0.717) is 5.56 Å². The Morgan fingerprint density at radius 1 is 0.895 bits per heavy atom. The van der Waals surface area contributed by atoms with Gasteiger partial charge in [0.05, 0.1) is 17.0 Å². The molecule has 19 heavy (non-hydrogen) atoms. The second-order valence-electron chi connectivity index (χ2n) is 4.56. The van der Waals surface area contributed by atoms with Crippen LogP contribution in [0.5, 0.6) is 0 Å². The van der Waals surface area contributed by atoms with E-state index in [9.17, 15) is 4.79 Å². The molecule has 3 heteroatoms. The van der Waals surface area contributed by atoms with Crippen LogP contribution in [0, 0.1) is 0 Å². The summed E-state index contributed by atoms with van der Waals surface area (Å²) in [4.78, 5) is 19.3. The number of rotatable bonds is 1. The third-order valence-electron chi connectivity index (χ3n) is 3.46. The minimum atomic E-state index is -0.163. The Morgan fingerprint density at radius 2 is 1.63 bits per heavy atom. The van der Waals surface area contributed by atoms with Gasteiger partial charge in [-0.2, -0.15) is 0 Å². The van der Waals surface area contributed by atoms with Crippen LogP contribution < -0.4 is 0 Å². The van der Waals surface area contributed by atoms with Crippen LogP contribution in [0.2, 0.25) is 0 Å². The molecule has 1 amide bonds. The summed E-state index contributed by atoms with van der Waals surface area (Å²) in [5.41, 5.74) is 3.23. The maximum atomic E-state index is 11.9. The molecule has 0 spiro atoms. The van der Waals surface area contributed by atoms with Gasteiger partial charge in [0.25, 0.3) is 5.91 Å². The van der Waals surface area contributed by atoms with Crippen molar-refractivity contribution < 1.29 is 4.79 Å². The standard InChI is InChI=1S/C16H10N2O/c19-16-13-8-4-3-7-12(13)15(18-16)14-11-6-2-1-5-10(11)9-17-14/h1-9,17H. The highest BCUT2D eigenvalue weighted by atomic mass is 16.1. The highest BCUT2D eigenvalue weighted by Gasteiger charge is 2.25. The molecule has 2 aromatic carbocycles. The molecule has 3 aromatic rings. The maximum Gasteiger partial charge on any atom is 0.278 e. The molecule has 0 unspecified atom stereocenters. The lowest BCUT2D eigenvalue weighted by Gasteiger charge is -2.01. The first-order valence-electron chi connectivity index (χ1n) is 6.13. The Morgan fingerprint density at radius 3 is 2.53 bits per heavy atom. The minimum Gasteiger partial charge on any atom is -0.359 e. The first-order chi connectivity index (χ1) is 9.34. The van der Waals surface area contributed by atoms with Crippen molar-refractivity contribution in [3.8, 4) is 0 Å². The number of fused-ring (bicyclic) bond motifs is 2. The predicted octanol–water partition coefficient (Wildman–Crippen LogP) is 3.16. The van der Waals surface area contributed by atoms with E-state index in [4.69, 9.17) is 0 Å². The Kier molecular flexibility index (Phi) is 1.97. The SMILES string of the molecule is O=C1N=C(c2[nH]cc3ccccc23)c2ccccc21. The van der Waals surface area contributed by atoms with Crippen LogP contribution in [0.4, 0.5) is 0 Å². The number of H-pyrrole nitrogens is 1. The summed E-state index contributed by atoms with van der Waals surface area (Å²) in [5.74, 6) is -0.163. The van der Waals surface area contributed by atoms with Gasteiger partial charge in [0.2, 0.25) is 0 Å². The first-order valence-corrected chi connectivity index (χ1v) is 6.13. The summed E-state index contributed by atoms with van der Waals surface area (Å²) in [6, 6.07) is 15.6. The maximum absolute atomic E-state index is 11.9. The summed E-state index contributed by atoms with van der Waals surface area (Å²) in [6.07, 6.45) is 1.94. The van der Waals surface area contributed by atoms with Crippen LogP contribution in [0.15, 0.2) is 59.7 Å². The Hall–Kier alpha value is -2.68. The van der Waals surface area contributed by atoms with Crippen molar-refractivity contribution in [3.63, 3.8) is 0 Å². The van der Waals surface area contributed by atoms with Gasteiger partial charge in [0.15, 0.2) is 0 Å². The van der Waals surface area contributed by atoms with Gasteiger partial charge in [0, 0.05) is 17.1 Å². The van der Waals surface area contributed by atoms with Gasteiger partial charge in [-0.25, -0.2) is 4.99 Å². The number of nitrogens with one attached hydrogen (secondary N) is 1. The lowest BCUT2D eigenvalue weighted by atomic mass is 10.0. The molecular formula is C16H10N2O. The normalized spacial score (nSPS) is 13.7. The molecule has 1 aromatic heterocycles. The van der Waals surface area contributed by atoms with Crippen molar-refractivity contribution in [1.29, 1.82) is 0 Å². The van der Waals surface area contributed by atoms with E-state index in [1.54, 1.807) is 0 Å². The van der Waals surface area contributed by atoms with Gasteiger partial charge in [-0.05, 0) is 11.5 Å². The molecule has 4 rings (SSSR count). The zero-order valence-corrected chi connectivity index (χ0v) is 10.1. The first kappa shape index (κ1) is 10.3. The molecule has 1 N–H and O–H groups in total. The summed E-state index contributed by atoms with van der Waals surface area (Å²) in [5, 5.41) is 2.21. The number of hydrogen-bond acceptors (Lipinski definition) is 1. The quantitative estimate of drug-likeness (QED) is 0.704. The van der Waals surface area contributed by atoms with Gasteiger partial charge in [-0.1, -0.05) is 42.5 Å². The van der Waals surface area contributed by atoms with Crippen molar-refractivity contribution in [1.82, 2.24) is 4.98 Å². The van der Waals surface area contributed by atoms with Crippen molar-refractivity contribution in [2.45, 2.75) is 0 Å². The van der Waals surface area contributed by atoms with Crippen molar-refractivity contribution in [2.75, 3.05) is 0 Å². The van der Waals surface area contributed by atoms with E-state index in [0.717, 1.165) is 27.7 Å². The van der Waals surface area contributed by atoms with Crippen LogP contribution in [-0.2, 0) is 0 Å². The van der Waals surface area contributed by atoms with Gasteiger partial charge < -0.3 is 4.98 Å². The van der Waals surface area contributed by atoms with E-state index in [1.165, 1.54) is 0 Å². The highest BCUT2D eigenvalue weighted by Crippen LogP contribution is 2.26. The summed E-state index contributed by atoms with van der Waals surface area (Å²) in [7, 11) is 0. The molecule has 1 aliphatic heterocycles. The summed E-state index contributed by atoms with van der Waals surface area (Å²) < 4.78 is 0. The smallest absolute Gasteiger partial charge is 0.278 e. The molecule has 2 heterocycles. The zero-order valence-electron chi connectivity index (χ0n) is 10.1. The average Bonchev–Trinajstić information content (AvgIpc) is 3.01. The molecule has 3 nitrogen and oxygen atoms in total. The number of hydrogen-bond donors (Lipinski definition) is 1. The monoisotopic (exact) mass is 246 g/mol.